The Hall–Kier alpha value is -1.95. The molecular formula is C18H27FN3O2+. The second kappa shape index (κ2) is 10.0. The topological polar surface area (TPSA) is 74.8 Å². The molecule has 0 aromatic heterocycles. The Labute approximate surface area is 142 Å². The standard InChI is InChI=1S/C18H26FN3O2/c19-14-8-10-16(11-9-14)22-18(24)13-21-17(23)12-20-15-6-4-2-1-3-5-7-15/h8-11,15,20H,1-7,12-13H2,(H,21,23)(H,22,24)/p+1. The van der Waals surface area contributed by atoms with Gasteiger partial charge in [-0.1, -0.05) is 19.3 Å². The normalized spacial score (nSPS) is 16.0. The number of anilines is 1. The lowest BCUT2D eigenvalue weighted by molar-refractivity contribution is -0.680. The van der Waals surface area contributed by atoms with Crippen LogP contribution in [0.4, 0.5) is 10.1 Å². The van der Waals surface area contributed by atoms with Crippen molar-refractivity contribution >= 4 is 17.5 Å². The Bertz CT molecular complexity index is 526. The number of amides is 2. The van der Waals surface area contributed by atoms with Crippen LogP contribution in [0.1, 0.15) is 44.9 Å². The fourth-order valence-corrected chi connectivity index (χ4v) is 2.99. The molecule has 0 spiro atoms. The number of halogens is 1. The molecule has 4 N–H and O–H groups in total. The maximum absolute atomic E-state index is 12.8. The lowest BCUT2D eigenvalue weighted by atomic mass is 9.97. The van der Waals surface area contributed by atoms with E-state index in [9.17, 15) is 14.0 Å². The third-order valence-electron chi connectivity index (χ3n) is 4.36. The van der Waals surface area contributed by atoms with Crippen LogP contribution < -0.4 is 16.0 Å². The Kier molecular flexibility index (Phi) is 7.68. The van der Waals surface area contributed by atoms with Crippen molar-refractivity contribution < 1.29 is 19.3 Å². The van der Waals surface area contributed by atoms with Gasteiger partial charge in [0, 0.05) is 5.69 Å². The molecule has 1 saturated carbocycles. The fourth-order valence-electron chi connectivity index (χ4n) is 2.99. The van der Waals surface area contributed by atoms with Crippen molar-refractivity contribution in [3.05, 3.63) is 30.1 Å². The molecule has 0 radical (unpaired) electrons. The Morgan fingerprint density at radius 1 is 1.00 bits per heavy atom. The van der Waals surface area contributed by atoms with E-state index in [1.807, 2.05) is 0 Å². The van der Waals surface area contributed by atoms with Gasteiger partial charge in [0.05, 0.1) is 12.6 Å². The monoisotopic (exact) mass is 336 g/mol. The molecule has 1 fully saturated rings. The summed E-state index contributed by atoms with van der Waals surface area (Å²) in [6.07, 6.45) is 8.72. The SMILES string of the molecule is O=C(C[NH2+]C1CCCCCCC1)NCC(=O)Nc1ccc(F)cc1. The molecule has 5 nitrogen and oxygen atoms in total. The molecule has 24 heavy (non-hydrogen) atoms. The number of hydrogen-bond donors (Lipinski definition) is 3. The number of benzene rings is 1. The van der Waals surface area contributed by atoms with E-state index in [1.165, 1.54) is 69.2 Å². The van der Waals surface area contributed by atoms with Crippen LogP contribution in [0.2, 0.25) is 0 Å². The highest BCUT2D eigenvalue weighted by Crippen LogP contribution is 2.14. The van der Waals surface area contributed by atoms with Crippen LogP contribution in [-0.2, 0) is 9.59 Å². The fraction of sp³-hybridized carbons (Fsp3) is 0.556. The third-order valence-corrected chi connectivity index (χ3v) is 4.36. The van der Waals surface area contributed by atoms with Crippen LogP contribution in [0.15, 0.2) is 24.3 Å². The second-order valence-electron chi connectivity index (χ2n) is 6.38. The molecule has 0 atom stereocenters. The molecule has 0 heterocycles. The largest absolute Gasteiger partial charge is 0.342 e. The number of carbonyl (C=O) groups excluding carboxylic acids is 2. The summed E-state index contributed by atoms with van der Waals surface area (Å²) in [5.41, 5.74) is 0.511. The maximum atomic E-state index is 12.8. The van der Waals surface area contributed by atoms with Crippen molar-refractivity contribution in [1.29, 1.82) is 0 Å². The summed E-state index contributed by atoms with van der Waals surface area (Å²) < 4.78 is 12.8. The molecule has 1 aliphatic carbocycles. The highest BCUT2D eigenvalue weighted by atomic mass is 19.1. The summed E-state index contributed by atoms with van der Waals surface area (Å²) in [6.45, 7) is 0.281. The summed E-state index contributed by atoms with van der Waals surface area (Å²) >= 11 is 0. The highest BCUT2D eigenvalue weighted by molar-refractivity contribution is 5.94. The first-order valence-electron chi connectivity index (χ1n) is 8.79. The number of nitrogens with one attached hydrogen (secondary N) is 2. The summed E-state index contributed by atoms with van der Waals surface area (Å²) in [4.78, 5) is 23.6. The van der Waals surface area contributed by atoms with E-state index in [4.69, 9.17) is 0 Å². The molecule has 2 amide bonds. The Balaban J connectivity index is 1.63. The molecule has 0 saturated heterocycles. The number of carbonyl (C=O) groups is 2. The zero-order valence-corrected chi connectivity index (χ0v) is 14.0. The molecular weight excluding hydrogens is 309 g/mol. The van der Waals surface area contributed by atoms with Gasteiger partial charge in [-0.05, 0) is 49.9 Å². The van der Waals surface area contributed by atoms with Gasteiger partial charge in [0.2, 0.25) is 5.91 Å². The van der Waals surface area contributed by atoms with E-state index in [1.54, 1.807) is 0 Å². The maximum Gasteiger partial charge on any atom is 0.275 e. The molecule has 0 bridgehead atoms. The van der Waals surface area contributed by atoms with Crippen molar-refractivity contribution in [2.45, 2.75) is 51.0 Å². The van der Waals surface area contributed by atoms with Gasteiger partial charge in [0.25, 0.3) is 5.91 Å². The van der Waals surface area contributed by atoms with Gasteiger partial charge >= 0.3 is 0 Å². The van der Waals surface area contributed by atoms with Crippen LogP contribution >= 0.6 is 0 Å². The zero-order valence-electron chi connectivity index (χ0n) is 14.0. The van der Waals surface area contributed by atoms with Crippen molar-refractivity contribution in [3.8, 4) is 0 Å². The van der Waals surface area contributed by atoms with Gasteiger partial charge in [0.1, 0.15) is 5.82 Å². The van der Waals surface area contributed by atoms with Crippen molar-refractivity contribution in [2.75, 3.05) is 18.4 Å². The van der Waals surface area contributed by atoms with E-state index < -0.39 is 0 Å². The van der Waals surface area contributed by atoms with Crippen molar-refractivity contribution in [1.82, 2.24) is 5.32 Å². The van der Waals surface area contributed by atoms with Crippen LogP contribution in [0.3, 0.4) is 0 Å². The molecule has 132 valence electrons. The molecule has 1 aromatic rings. The van der Waals surface area contributed by atoms with E-state index in [2.05, 4.69) is 16.0 Å². The summed E-state index contributed by atoms with van der Waals surface area (Å²) in [5, 5.41) is 7.34. The first-order chi connectivity index (χ1) is 11.6. The predicted molar refractivity (Wildman–Crippen MR) is 90.9 cm³/mol. The van der Waals surface area contributed by atoms with Gasteiger partial charge in [-0.2, -0.15) is 0 Å². The highest BCUT2D eigenvalue weighted by Gasteiger charge is 2.16. The molecule has 1 aliphatic rings. The number of nitrogens with two attached hydrogens (primary N) is 1. The Morgan fingerprint density at radius 3 is 2.29 bits per heavy atom. The lowest BCUT2D eigenvalue weighted by Crippen LogP contribution is -2.92. The smallest absolute Gasteiger partial charge is 0.275 e. The molecule has 0 unspecified atom stereocenters. The third kappa shape index (κ3) is 7.08. The number of rotatable bonds is 6. The average molecular weight is 336 g/mol. The zero-order chi connectivity index (χ0) is 17.2. The van der Waals surface area contributed by atoms with Crippen molar-refractivity contribution in [3.63, 3.8) is 0 Å². The van der Waals surface area contributed by atoms with E-state index in [0.717, 1.165) is 0 Å². The minimum absolute atomic E-state index is 0.0747. The minimum Gasteiger partial charge on any atom is -0.342 e. The van der Waals surface area contributed by atoms with Gasteiger partial charge in [0.15, 0.2) is 6.54 Å². The van der Waals surface area contributed by atoms with Crippen LogP contribution in [0, 0.1) is 5.82 Å². The first-order valence-corrected chi connectivity index (χ1v) is 8.79. The molecule has 0 aliphatic heterocycles. The van der Waals surface area contributed by atoms with E-state index >= 15 is 0 Å². The summed E-state index contributed by atoms with van der Waals surface area (Å²) in [7, 11) is 0. The number of quaternary nitrogens is 1. The predicted octanol–water partition coefficient (Wildman–Crippen LogP) is 1.56. The lowest BCUT2D eigenvalue weighted by Gasteiger charge is -2.17. The molecule has 1 aromatic carbocycles. The Morgan fingerprint density at radius 2 is 1.62 bits per heavy atom. The van der Waals surface area contributed by atoms with E-state index in [-0.39, 0.29) is 24.2 Å². The molecule has 6 heteroatoms. The van der Waals surface area contributed by atoms with Gasteiger partial charge in [-0.15, -0.1) is 0 Å². The minimum atomic E-state index is -0.356. The van der Waals surface area contributed by atoms with E-state index in [0.29, 0.717) is 18.3 Å². The first kappa shape index (κ1) is 18.4. The van der Waals surface area contributed by atoms with Gasteiger partial charge < -0.3 is 16.0 Å². The van der Waals surface area contributed by atoms with Gasteiger partial charge in [-0.3, -0.25) is 9.59 Å². The second-order valence-corrected chi connectivity index (χ2v) is 6.38. The summed E-state index contributed by atoms with van der Waals surface area (Å²) in [5.74, 6) is -0.807. The quantitative estimate of drug-likeness (QED) is 0.737. The van der Waals surface area contributed by atoms with Crippen LogP contribution in [-0.4, -0.2) is 30.9 Å². The summed E-state index contributed by atoms with van der Waals surface area (Å²) in [6, 6.07) is 6.04. The van der Waals surface area contributed by atoms with Crippen LogP contribution in [0.25, 0.3) is 0 Å². The molecule has 2 rings (SSSR count). The average Bonchev–Trinajstić information content (AvgIpc) is 2.54. The van der Waals surface area contributed by atoms with Crippen LogP contribution in [0.5, 0.6) is 0 Å². The van der Waals surface area contributed by atoms with Crippen molar-refractivity contribution in [2.24, 2.45) is 0 Å². The van der Waals surface area contributed by atoms with Gasteiger partial charge in [-0.25, -0.2) is 4.39 Å². The number of hydrogen-bond acceptors (Lipinski definition) is 2.